The maximum Gasteiger partial charge on any atom is 0.165 e. The maximum atomic E-state index is 5.82. The topological polar surface area (TPSA) is 42.5 Å². The molecule has 0 saturated carbocycles. The van der Waals surface area contributed by atoms with Crippen LogP contribution in [0.4, 0.5) is 5.69 Å². The van der Waals surface area contributed by atoms with Crippen molar-refractivity contribution in [3.63, 3.8) is 0 Å². The van der Waals surface area contributed by atoms with Crippen molar-refractivity contribution in [2.75, 3.05) is 18.6 Å². The molecule has 4 nitrogen and oxygen atoms in total. The van der Waals surface area contributed by atoms with E-state index in [1.165, 1.54) is 0 Å². The number of allylic oxidation sites excluding steroid dienone is 1. The first-order chi connectivity index (χ1) is 12.3. The van der Waals surface area contributed by atoms with Gasteiger partial charge in [0.2, 0.25) is 0 Å². The second-order valence-electron chi connectivity index (χ2n) is 5.45. The number of hydrogen-bond donors (Lipinski definition) is 2. The van der Waals surface area contributed by atoms with E-state index in [-0.39, 0.29) is 0 Å². The fourth-order valence-corrected chi connectivity index (χ4v) is 2.47. The van der Waals surface area contributed by atoms with Crippen molar-refractivity contribution in [2.45, 2.75) is 19.9 Å². The number of para-hydroxylation sites is 1. The number of benzene rings is 2. The smallest absolute Gasteiger partial charge is 0.165 e. The number of nitrogens with one attached hydrogen (secondary N) is 2. The average molecular weight is 338 g/mol. The zero-order valence-corrected chi connectivity index (χ0v) is 14.8. The summed E-state index contributed by atoms with van der Waals surface area (Å²) in [5.74, 6) is 1.52. The Bertz CT molecular complexity index is 684. The summed E-state index contributed by atoms with van der Waals surface area (Å²) in [5.41, 5.74) is 9.60. The molecule has 2 N–H and O–H groups in total. The monoisotopic (exact) mass is 338 g/mol. The van der Waals surface area contributed by atoms with E-state index in [0.29, 0.717) is 26.2 Å². The molecule has 0 aliphatic rings. The summed E-state index contributed by atoms with van der Waals surface area (Å²) in [6.45, 7) is 11.2. The molecule has 0 aliphatic heterocycles. The SMILES string of the molecule is C=CCOc1c(CC=C)cc(CNNc2ccccc2)cc1OCC. The molecule has 0 unspecified atom stereocenters. The van der Waals surface area contributed by atoms with Gasteiger partial charge in [-0.25, -0.2) is 5.43 Å². The van der Waals surface area contributed by atoms with Gasteiger partial charge in [-0.3, -0.25) is 0 Å². The molecule has 0 amide bonds. The van der Waals surface area contributed by atoms with Gasteiger partial charge in [0.25, 0.3) is 0 Å². The first kappa shape index (κ1) is 18.6. The quantitative estimate of drug-likeness (QED) is 0.468. The van der Waals surface area contributed by atoms with Crippen LogP contribution in [0.1, 0.15) is 18.1 Å². The molecule has 25 heavy (non-hydrogen) atoms. The van der Waals surface area contributed by atoms with Crippen LogP contribution < -0.4 is 20.3 Å². The van der Waals surface area contributed by atoms with Crippen LogP contribution in [0.15, 0.2) is 67.8 Å². The Labute approximate surface area is 150 Å². The van der Waals surface area contributed by atoms with E-state index < -0.39 is 0 Å². The van der Waals surface area contributed by atoms with Crippen LogP contribution in [-0.2, 0) is 13.0 Å². The van der Waals surface area contributed by atoms with E-state index in [9.17, 15) is 0 Å². The van der Waals surface area contributed by atoms with Crippen molar-refractivity contribution < 1.29 is 9.47 Å². The standard InChI is InChI=1S/C21H26N2O2/c1-4-10-18-14-17(16-22-23-19-11-8-7-9-12-19)15-20(24-6-3)21(18)25-13-5-2/h4-5,7-9,11-12,14-15,22-23H,1-2,6,10,13,16H2,3H3. The third-order valence-corrected chi connectivity index (χ3v) is 3.50. The van der Waals surface area contributed by atoms with Gasteiger partial charge < -0.3 is 14.9 Å². The number of anilines is 1. The Kier molecular flexibility index (Phi) is 7.60. The average Bonchev–Trinajstić information content (AvgIpc) is 2.62. The van der Waals surface area contributed by atoms with Gasteiger partial charge in [0.1, 0.15) is 6.61 Å². The van der Waals surface area contributed by atoms with Crippen LogP contribution in [0.5, 0.6) is 11.5 Å². The molecule has 0 bridgehead atoms. The van der Waals surface area contributed by atoms with Crippen molar-refractivity contribution in [2.24, 2.45) is 0 Å². The Morgan fingerprint density at radius 1 is 1.04 bits per heavy atom. The van der Waals surface area contributed by atoms with Crippen molar-refractivity contribution >= 4 is 5.69 Å². The van der Waals surface area contributed by atoms with E-state index in [2.05, 4.69) is 30.1 Å². The first-order valence-corrected chi connectivity index (χ1v) is 8.45. The highest BCUT2D eigenvalue weighted by Crippen LogP contribution is 2.34. The number of rotatable bonds is 11. The predicted octanol–water partition coefficient (Wildman–Crippen LogP) is 4.50. The van der Waals surface area contributed by atoms with E-state index in [4.69, 9.17) is 9.47 Å². The molecule has 0 aromatic heterocycles. The van der Waals surface area contributed by atoms with E-state index >= 15 is 0 Å². The van der Waals surface area contributed by atoms with E-state index in [1.54, 1.807) is 6.08 Å². The van der Waals surface area contributed by atoms with E-state index in [0.717, 1.165) is 28.3 Å². The zero-order valence-electron chi connectivity index (χ0n) is 14.8. The molecule has 0 radical (unpaired) electrons. The largest absolute Gasteiger partial charge is 0.490 e. The van der Waals surface area contributed by atoms with Crippen LogP contribution in [-0.4, -0.2) is 13.2 Å². The lowest BCUT2D eigenvalue weighted by molar-refractivity contribution is 0.294. The minimum atomic E-state index is 0.442. The Balaban J connectivity index is 2.16. The first-order valence-electron chi connectivity index (χ1n) is 8.45. The van der Waals surface area contributed by atoms with Gasteiger partial charge in [0, 0.05) is 17.8 Å². The summed E-state index contributed by atoms with van der Waals surface area (Å²) in [6, 6.07) is 14.1. The number of ether oxygens (including phenoxy) is 2. The Morgan fingerprint density at radius 2 is 1.84 bits per heavy atom. The normalized spacial score (nSPS) is 10.1. The van der Waals surface area contributed by atoms with Crippen LogP contribution >= 0.6 is 0 Å². The number of hydrazine groups is 1. The molecular weight excluding hydrogens is 312 g/mol. The molecule has 132 valence electrons. The summed E-state index contributed by atoms with van der Waals surface area (Å²) >= 11 is 0. The summed E-state index contributed by atoms with van der Waals surface area (Å²) in [7, 11) is 0. The lowest BCUT2D eigenvalue weighted by atomic mass is 10.1. The summed E-state index contributed by atoms with van der Waals surface area (Å²) in [6.07, 6.45) is 4.31. The molecule has 0 saturated heterocycles. The third kappa shape index (κ3) is 5.69. The van der Waals surface area contributed by atoms with Crippen molar-refractivity contribution in [1.82, 2.24) is 5.43 Å². The maximum absolute atomic E-state index is 5.82. The van der Waals surface area contributed by atoms with Gasteiger partial charge >= 0.3 is 0 Å². The third-order valence-electron chi connectivity index (χ3n) is 3.50. The van der Waals surface area contributed by atoms with Gasteiger partial charge in [-0.05, 0) is 37.1 Å². The molecule has 2 aromatic carbocycles. The van der Waals surface area contributed by atoms with Gasteiger partial charge in [-0.2, -0.15) is 0 Å². The van der Waals surface area contributed by atoms with Crippen LogP contribution in [0, 0.1) is 0 Å². The lowest BCUT2D eigenvalue weighted by Gasteiger charge is -2.17. The fourth-order valence-electron chi connectivity index (χ4n) is 2.47. The summed E-state index contributed by atoms with van der Waals surface area (Å²) in [5, 5.41) is 0. The Morgan fingerprint density at radius 3 is 2.52 bits per heavy atom. The van der Waals surface area contributed by atoms with Crippen molar-refractivity contribution in [3.05, 3.63) is 78.9 Å². The van der Waals surface area contributed by atoms with Gasteiger partial charge in [-0.15, -0.1) is 6.58 Å². The molecule has 2 rings (SSSR count). The molecule has 4 heteroatoms. The van der Waals surface area contributed by atoms with Crippen LogP contribution in [0.3, 0.4) is 0 Å². The van der Waals surface area contributed by atoms with Gasteiger partial charge in [0.05, 0.1) is 6.61 Å². The lowest BCUT2D eigenvalue weighted by Crippen LogP contribution is -2.21. The molecule has 2 aromatic rings. The van der Waals surface area contributed by atoms with Gasteiger partial charge in [0.15, 0.2) is 11.5 Å². The summed E-state index contributed by atoms with van der Waals surface area (Å²) < 4.78 is 11.6. The highest BCUT2D eigenvalue weighted by Gasteiger charge is 2.13. The molecule has 0 aliphatic carbocycles. The van der Waals surface area contributed by atoms with Crippen molar-refractivity contribution in [3.8, 4) is 11.5 Å². The molecular formula is C21H26N2O2. The second-order valence-corrected chi connectivity index (χ2v) is 5.45. The predicted molar refractivity (Wildman–Crippen MR) is 104 cm³/mol. The highest BCUT2D eigenvalue weighted by molar-refractivity contribution is 5.50. The molecule has 0 atom stereocenters. The van der Waals surface area contributed by atoms with Crippen LogP contribution in [0.2, 0.25) is 0 Å². The zero-order chi connectivity index (χ0) is 17.9. The molecule has 0 fully saturated rings. The highest BCUT2D eigenvalue weighted by atomic mass is 16.5. The van der Waals surface area contributed by atoms with E-state index in [1.807, 2.05) is 49.4 Å². The molecule has 0 heterocycles. The molecule has 0 spiro atoms. The number of hydrogen-bond acceptors (Lipinski definition) is 4. The van der Waals surface area contributed by atoms with Crippen molar-refractivity contribution in [1.29, 1.82) is 0 Å². The van der Waals surface area contributed by atoms with Crippen LogP contribution in [0.25, 0.3) is 0 Å². The summed E-state index contributed by atoms with van der Waals surface area (Å²) in [4.78, 5) is 0. The minimum Gasteiger partial charge on any atom is -0.490 e. The Hall–Kier alpha value is -2.72. The second kappa shape index (κ2) is 10.2. The fraction of sp³-hybridized carbons (Fsp3) is 0.238. The van der Waals surface area contributed by atoms with Gasteiger partial charge in [-0.1, -0.05) is 43.0 Å². The minimum absolute atomic E-state index is 0.442.